The largest absolute Gasteiger partial charge is 0.496 e. The lowest BCUT2D eigenvalue weighted by Gasteiger charge is -2.26. The highest BCUT2D eigenvalue weighted by atomic mass is 16.5. The molecule has 0 saturated carbocycles. The zero-order valence-corrected chi connectivity index (χ0v) is 11.0. The number of hydrogen-bond acceptors (Lipinski definition) is 4. The van der Waals surface area contributed by atoms with E-state index >= 15 is 0 Å². The Labute approximate surface area is 103 Å². The Morgan fingerprint density at radius 1 is 1.47 bits per heavy atom. The molecule has 1 aromatic rings. The van der Waals surface area contributed by atoms with Crippen molar-refractivity contribution in [2.45, 2.75) is 13.0 Å². The average Bonchev–Trinajstić information content (AvgIpc) is 2.37. The first-order valence-corrected chi connectivity index (χ1v) is 5.81. The van der Waals surface area contributed by atoms with Gasteiger partial charge < -0.3 is 20.1 Å². The number of ether oxygens (including phenoxy) is 1. The molecule has 1 atom stereocenters. The van der Waals surface area contributed by atoms with Crippen LogP contribution in [0.25, 0.3) is 0 Å². The quantitative estimate of drug-likeness (QED) is 0.786. The van der Waals surface area contributed by atoms with Gasteiger partial charge in [0.1, 0.15) is 5.75 Å². The molecule has 0 heterocycles. The number of nitrogens with one attached hydrogen (secondary N) is 1. The molecule has 17 heavy (non-hydrogen) atoms. The molecule has 4 nitrogen and oxygen atoms in total. The van der Waals surface area contributed by atoms with Gasteiger partial charge in [-0.1, -0.05) is 6.07 Å². The molecule has 4 heteroatoms. The number of nitrogens with zero attached hydrogens (tertiary/aromatic N) is 1. The lowest BCUT2D eigenvalue weighted by atomic mass is 10.0. The molecule has 0 fully saturated rings. The summed E-state index contributed by atoms with van der Waals surface area (Å²) in [5.74, 6) is 0.870. The van der Waals surface area contributed by atoms with Gasteiger partial charge in [-0.15, -0.1) is 0 Å². The molecule has 96 valence electrons. The molecule has 0 aliphatic rings. The number of rotatable bonds is 6. The number of anilines is 1. The Morgan fingerprint density at radius 2 is 2.18 bits per heavy atom. The second-order valence-corrected chi connectivity index (χ2v) is 4.05. The second-order valence-electron chi connectivity index (χ2n) is 4.05. The molecule has 0 amide bonds. The van der Waals surface area contributed by atoms with Gasteiger partial charge in [-0.25, -0.2) is 0 Å². The number of aliphatic hydroxyl groups excluding tert-OH is 1. The van der Waals surface area contributed by atoms with Crippen LogP contribution in [0.3, 0.4) is 0 Å². The Balaban J connectivity index is 3.18. The minimum atomic E-state index is 0.140. The van der Waals surface area contributed by atoms with E-state index in [0.29, 0.717) is 6.54 Å². The highest BCUT2D eigenvalue weighted by Gasteiger charge is 2.16. The summed E-state index contributed by atoms with van der Waals surface area (Å²) in [4.78, 5) is 2.03. The Morgan fingerprint density at radius 3 is 2.71 bits per heavy atom. The van der Waals surface area contributed by atoms with Crippen LogP contribution in [0.2, 0.25) is 0 Å². The molecule has 1 aromatic carbocycles. The number of hydrogen-bond donors (Lipinski definition) is 2. The first-order valence-electron chi connectivity index (χ1n) is 5.81. The van der Waals surface area contributed by atoms with Crippen molar-refractivity contribution in [3.63, 3.8) is 0 Å². The lowest BCUT2D eigenvalue weighted by molar-refractivity contribution is 0.304. The van der Waals surface area contributed by atoms with Crippen LogP contribution < -0.4 is 15.0 Å². The minimum Gasteiger partial charge on any atom is -0.496 e. The number of methoxy groups -OCH3 is 1. The smallest absolute Gasteiger partial charge is 0.125 e. The standard InChI is InChI=1S/C13H22N2O2/c1-10(14-2)13-11(15(3)8-9-16)6-5-7-12(13)17-4/h5-7,10,14,16H,8-9H2,1-4H3. The predicted molar refractivity (Wildman–Crippen MR) is 70.8 cm³/mol. The first kappa shape index (κ1) is 13.8. The van der Waals surface area contributed by atoms with Gasteiger partial charge in [-0.05, 0) is 26.1 Å². The fourth-order valence-corrected chi connectivity index (χ4v) is 1.89. The van der Waals surface area contributed by atoms with Crippen molar-refractivity contribution in [3.8, 4) is 5.75 Å². The van der Waals surface area contributed by atoms with Crippen LogP contribution in [0.1, 0.15) is 18.5 Å². The number of aliphatic hydroxyl groups is 1. The van der Waals surface area contributed by atoms with Crippen LogP contribution in [0, 0.1) is 0 Å². The summed E-state index contributed by atoms with van der Waals surface area (Å²) >= 11 is 0. The van der Waals surface area contributed by atoms with Crippen LogP contribution in [0.5, 0.6) is 5.75 Å². The van der Waals surface area contributed by atoms with Gasteiger partial charge in [-0.2, -0.15) is 0 Å². The van der Waals surface area contributed by atoms with Gasteiger partial charge in [-0.3, -0.25) is 0 Å². The van der Waals surface area contributed by atoms with Crippen LogP contribution in [-0.2, 0) is 0 Å². The van der Waals surface area contributed by atoms with Crippen molar-refractivity contribution in [2.75, 3.05) is 39.3 Å². The Bertz CT molecular complexity index is 355. The topological polar surface area (TPSA) is 44.7 Å². The van der Waals surface area contributed by atoms with Gasteiger partial charge in [0.05, 0.1) is 13.7 Å². The maximum atomic E-state index is 9.02. The van der Waals surface area contributed by atoms with E-state index in [9.17, 15) is 0 Å². The summed E-state index contributed by atoms with van der Waals surface area (Å²) < 4.78 is 5.41. The van der Waals surface area contributed by atoms with Crippen molar-refractivity contribution < 1.29 is 9.84 Å². The summed E-state index contributed by atoms with van der Waals surface area (Å²) in [6.45, 7) is 2.84. The molecule has 2 N–H and O–H groups in total. The molecular formula is C13H22N2O2. The molecule has 0 radical (unpaired) electrons. The third kappa shape index (κ3) is 3.11. The molecule has 0 saturated heterocycles. The van der Waals surface area contributed by atoms with Crippen molar-refractivity contribution in [1.82, 2.24) is 5.32 Å². The number of benzene rings is 1. The molecule has 1 rings (SSSR count). The predicted octanol–water partition coefficient (Wildman–Crippen LogP) is 1.40. The van der Waals surface area contributed by atoms with E-state index < -0.39 is 0 Å². The maximum Gasteiger partial charge on any atom is 0.125 e. The van der Waals surface area contributed by atoms with Crippen LogP contribution in [-0.4, -0.2) is 39.5 Å². The van der Waals surface area contributed by atoms with Crippen molar-refractivity contribution in [2.24, 2.45) is 0 Å². The summed E-state index contributed by atoms with van der Waals surface area (Å²) in [6.07, 6.45) is 0. The third-order valence-corrected chi connectivity index (χ3v) is 2.98. The van der Waals surface area contributed by atoms with E-state index in [4.69, 9.17) is 9.84 Å². The van der Waals surface area contributed by atoms with E-state index in [0.717, 1.165) is 17.0 Å². The lowest BCUT2D eigenvalue weighted by Crippen LogP contribution is -2.25. The SMILES string of the molecule is CNC(C)c1c(OC)cccc1N(C)CCO. The Kier molecular flexibility index (Phi) is 5.25. The summed E-state index contributed by atoms with van der Waals surface area (Å²) in [5, 5.41) is 12.2. The molecule has 0 spiro atoms. The van der Waals surface area contributed by atoms with Gasteiger partial charge in [0.25, 0.3) is 0 Å². The maximum absolute atomic E-state index is 9.02. The van der Waals surface area contributed by atoms with Gasteiger partial charge in [0.15, 0.2) is 0 Å². The zero-order valence-electron chi connectivity index (χ0n) is 11.0. The van der Waals surface area contributed by atoms with E-state index in [1.807, 2.05) is 37.2 Å². The van der Waals surface area contributed by atoms with Crippen LogP contribution in [0.15, 0.2) is 18.2 Å². The fourth-order valence-electron chi connectivity index (χ4n) is 1.89. The normalized spacial score (nSPS) is 12.3. The fraction of sp³-hybridized carbons (Fsp3) is 0.538. The minimum absolute atomic E-state index is 0.140. The Hall–Kier alpha value is -1.26. The first-order chi connectivity index (χ1) is 8.15. The third-order valence-electron chi connectivity index (χ3n) is 2.98. The average molecular weight is 238 g/mol. The number of likely N-dealkylation sites (N-methyl/N-ethyl adjacent to an activating group) is 1. The summed E-state index contributed by atoms with van der Waals surface area (Å²) in [6, 6.07) is 6.16. The van der Waals surface area contributed by atoms with Crippen molar-refractivity contribution in [1.29, 1.82) is 0 Å². The van der Waals surface area contributed by atoms with E-state index in [1.165, 1.54) is 0 Å². The molecular weight excluding hydrogens is 216 g/mol. The van der Waals surface area contributed by atoms with Crippen LogP contribution >= 0.6 is 0 Å². The van der Waals surface area contributed by atoms with Gasteiger partial charge in [0, 0.05) is 30.9 Å². The highest BCUT2D eigenvalue weighted by molar-refractivity contribution is 5.60. The molecule has 0 aliphatic heterocycles. The van der Waals surface area contributed by atoms with E-state index in [1.54, 1.807) is 7.11 Å². The van der Waals surface area contributed by atoms with Gasteiger partial charge in [0.2, 0.25) is 0 Å². The van der Waals surface area contributed by atoms with E-state index in [-0.39, 0.29) is 12.6 Å². The van der Waals surface area contributed by atoms with Gasteiger partial charge >= 0.3 is 0 Å². The summed E-state index contributed by atoms with van der Waals surface area (Å²) in [5.41, 5.74) is 2.20. The van der Waals surface area contributed by atoms with Crippen molar-refractivity contribution >= 4 is 5.69 Å². The summed E-state index contributed by atoms with van der Waals surface area (Å²) in [7, 11) is 5.57. The molecule has 0 aliphatic carbocycles. The second kappa shape index (κ2) is 6.47. The highest BCUT2D eigenvalue weighted by Crippen LogP contribution is 2.33. The monoisotopic (exact) mass is 238 g/mol. The molecule has 1 unspecified atom stereocenters. The van der Waals surface area contributed by atoms with Crippen LogP contribution in [0.4, 0.5) is 5.69 Å². The molecule has 0 aromatic heterocycles. The molecule has 0 bridgehead atoms. The van der Waals surface area contributed by atoms with Crippen molar-refractivity contribution in [3.05, 3.63) is 23.8 Å². The zero-order chi connectivity index (χ0) is 12.8. The van der Waals surface area contributed by atoms with E-state index in [2.05, 4.69) is 12.2 Å².